The van der Waals surface area contributed by atoms with Gasteiger partial charge in [0.05, 0.1) is 5.69 Å². The van der Waals surface area contributed by atoms with Crippen LogP contribution in [0.25, 0.3) is 0 Å². The minimum Gasteiger partial charge on any atom is -0.740 e. The fourth-order valence-corrected chi connectivity index (χ4v) is 0.838. The molecule has 0 aliphatic heterocycles. The van der Waals surface area contributed by atoms with Gasteiger partial charge in [-0.2, -0.15) is 0 Å². The van der Waals surface area contributed by atoms with Gasteiger partial charge in [-0.05, 0) is 39.8 Å². The molecular formula is C11H16N3O-. The van der Waals surface area contributed by atoms with Crippen molar-refractivity contribution in [2.24, 2.45) is 10.3 Å². The zero-order chi connectivity index (χ0) is 11.5. The lowest BCUT2D eigenvalue weighted by Crippen LogP contribution is -2.31. The van der Waals surface area contributed by atoms with Crippen LogP contribution in [0.2, 0.25) is 0 Å². The second kappa shape index (κ2) is 4.40. The lowest BCUT2D eigenvalue weighted by atomic mass is 10.1. The summed E-state index contributed by atoms with van der Waals surface area (Å²) >= 11 is 0. The lowest BCUT2D eigenvalue weighted by molar-refractivity contribution is 0.202. The molecule has 0 heterocycles. The molecule has 0 amide bonds. The Morgan fingerprint density at radius 2 is 1.67 bits per heavy atom. The molecule has 0 fully saturated rings. The second-order valence-electron chi connectivity index (χ2n) is 4.47. The van der Waals surface area contributed by atoms with E-state index in [0.29, 0.717) is 10.9 Å². The first-order valence-corrected chi connectivity index (χ1v) is 4.85. The molecule has 1 aromatic rings. The third kappa shape index (κ3) is 3.67. The van der Waals surface area contributed by atoms with Crippen LogP contribution in [-0.4, -0.2) is 10.7 Å². The number of hydrogen-bond donors (Lipinski definition) is 0. The van der Waals surface area contributed by atoms with Gasteiger partial charge in [-0.1, -0.05) is 22.9 Å². The van der Waals surface area contributed by atoms with Crippen molar-refractivity contribution < 1.29 is 0 Å². The first-order chi connectivity index (χ1) is 6.89. The van der Waals surface area contributed by atoms with Crippen LogP contribution in [0.1, 0.15) is 26.3 Å². The maximum atomic E-state index is 11.4. The molecule has 0 aliphatic carbocycles. The quantitative estimate of drug-likeness (QED) is 0.548. The van der Waals surface area contributed by atoms with Gasteiger partial charge in [0.1, 0.15) is 0 Å². The summed E-state index contributed by atoms with van der Waals surface area (Å²) in [5, 5.41) is 19.4. The second-order valence-corrected chi connectivity index (χ2v) is 4.47. The zero-order valence-corrected chi connectivity index (χ0v) is 9.56. The standard InChI is InChI=1S/C11H16N3O/c1-9-5-7-10(8-6-9)12-13-14(15)11(2,3)4/h5-8H,1-4H3/q-1. The summed E-state index contributed by atoms with van der Waals surface area (Å²) in [5.41, 5.74) is 1.29. The maximum absolute atomic E-state index is 11.4. The summed E-state index contributed by atoms with van der Waals surface area (Å²) in [4.78, 5) is 0. The van der Waals surface area contributed by atoms with E-state index < -0.39 is 5.54 Å². The first-order valence-electron chi connectivity index (χ1n) is 4.85. The molecule has 82 valence electrons. The normalized spacial score (nSPS) is 12.1. The zero-order valence-electron chi connectivity index (χ0n) is 9.56. The first kappa shape index (κ1) is 11.7. The van der Waals surface area contributed by atoms with Gasteiger partial charge in [0, 0.05) is 5.54 Å². The van der Waals surface area contributed by atoms with Crippen LogP contribution in [0.5, 0.6) is 0 Å². The van der Waals surface area contributed by atoms with E-state index in [1.165, 1.54) is 0 Å². The Labute approximate surface area is 90.2 Å². The monoisotopic (exact) mass is 206 g/mol. The van der Waals surface area contributed by atoms with Gasteiger partial charge in [0.25, 0.3) is 0 Å². The molecule has 1 aromatic carbocycles. The van der Waals surface area contributed by atoms with Gasteiger partial charge in [0.15, 0.2) is 0 Å². The number of hydrogen-bond acceptors (Lipinski definition) is 3. The highest BCUT2D eigenvalue weighted by atomic mass is 16.5. The van der Waals surface area contributed by atoms with Crippen LogP contribution in [0, 0.1) is 12.1 Å². The van der Waals surface area contributed by atoms with E-state index in [4.69, 9.17) is 0 Å². The molecular weight excluding hydrogens is 190 g/mol. The number of benzene rings is 1. The van der Waals surface area contributed by atoms with E-state index in [1.54, 1.807) is 20.8 Å². The predicted molar refractivity (Wildman–Crippen MR) is 60.7 cm³/mol. The van der Waals surface area contributed by atoms with Crippen LogP contribution in [-0.2, 0) is 0 Å². The molecule has 0 unspecified atom stereocenters. The minimum absolute atomic E-state index is 0.547. The molecule has 0 bridgehead atoms. The molecule has 0 atom stereocenters. The van der Waals surface area contributed by atoms with Crippen molar-refractivity contribution in [1.82, 2.24) is 5.17 Å². The topological polar surface area (TPSA) is 51.0 Å². The van der Waals surface area contributed by atoms with Gasteiger partial charge >= 0.3 is 0 Å². The fourth-order valence-electron chi connectivity index (χ4n) is 0.838. The third-order valence-electron chi connectivity index (χ3n) is 1.85. The maximum Gasteiger partial charge on any atom is 0.0874 e. The van der Waals surface area contributed by atoms with Crippen LogP contribution in [0.15, 0.2) is 34.6 Å². The van der Waals surface area contributed by atoms with E-state index in [-0.39, 0.29) is 0 Å². The Bertz CT molecular complexity index is 338. The van der Waals surface area contributed by atoms with Crippen molar-refractivity contribution in [3.63, 3.8) is 0 Å². The highest BCUT2D eigenvalue weighted by Gasteiger charge is 2.10. The molecule has 15 heavy (non-hydrogen) atoms. The van der Waals surface area contributed by atoms with Crippen molar-refractivity contribution in [3.05, 3.63) is 35.0 Å². The molecule has 0 radical (unpaired) electrons. The Hall–Kier alpha value is -1.42. The SMILES string of the molecule is Cc1ccc(N=NN([O-])C(C)(C)C)cc1. The third-order valence-corrected chi connectivity index (χ3v) is 1.85. The van der Waals surface area contributed by atoms with Crippen LogP contribution in [0.4, 0.5) is 5.69 Å². The summed E-state index contributed by atoms with van der Waals surface area (Å²) in [6.45, 7) is 7.35. The van der Waals surface area contributed by atoms with E-state index in [1.807, 2.05) is 31.2 Å². The molecule has 0 spiro atoms. The van der Waals surface area contributed by atoms with Crippen molar-refractivity contribution in [2.45, 2.75) is 33.2 Å². The van der Waals surface area contributed by atoms with E-state index in [2.05, 4.69) is 10.3 Å². The summed E-state index contributed by atoms with van der Waals surface area (Å²) in [6.07, 6.45) is 0. The number of rotatable bonds is 2. The summed E-state index contributed by atoms with van der Waals surface area (Å²) < 4.78 is 0. The molecule has 0 saturated heterocycles. The van der Waals surface area contributed by atoms with E-state index in [9.17, 15) is 5.21 Å². The van der Waals surface area contributed by atoms with Gasteiger partial charge in [-0.15, -0.1) is 5.11 Å². The Morgan fingerprint density at radius 3 is 2.13 bits per heavy atom. The van der Waals surface area contributed by atoms with Crippen molar-refractivity contribution in [2.75, 3.05) is 0 Å². The summed E-state index contributed by atoms with van der Waals surface area (Å²) in [6, 6.07) is 7.52. The van der Waals surface area contributed by atoms with Crippen molar-refractivity contribution >= 4 is 5.69 Å². The highest BCUT2D eigenvalue weighted by molar-refractivity contribution is 5.37. The average Bonchev–Trinajstić information content (AvgIpc) is 2.15. The minimum atomic E-state index is -0.547. The largest absolute Gasteiger partial charge is 0.740 e. The Morgan fingerprint density at radius 1 is 1.13 bits per heavy atom. The average molecular weight is 206 g/mol. The van der Waals surface area contributed by atoms with Gasteiger partial charge in [-0.25, -0.2) is 0 Å². The van der Waals surface area contributed by atoms with Gasteiger partial charge in [-0.3, -0.25) is 0 Å². The smallest absolute Gasteiger partial charge is 0.0874 e. The van der Waals surface area contributed by atoms with Gasteiger partial charge in [0.2, 0.25) is 0 Å². The molecule has 0 aliphatic rings. The number of nitrogens with zero attached hydrogens (tertiary/aromatic N) is 3. The Kier molecular flexibility index (Phi) is 3.42. The van der Waals surface area contributed by atoms with Crippen LogP contribution >= 0.6 is 0 Å². The molecule has 1 rings (SSSR count). The van der Waals surface area contributed by atoms with E-state index in [0.717, 1.165) is 5.56 Å². The molecule has 0 aromatic heterocycles. The molecule has 0 N–H and O–H groups in total. The van der Waals surface area contributed by atoms with Crippen LogP contribution in [0.3, 0.4) is 0 Å². The molecule has 0 saturated carbocycles. The van der Waals surface area contributed by atoms with Crippen molar-refractivity contribution in [1.29, 1.82) is 0 Å². The van der Waals surface area contributed by atoms with E-state index >= 15 is 0 Å². The Balaban J connectivity index is 2.70. The van der Waals surface area contributed by atoms with Gasteiger partial charge < -0.3 is 10.4 Å². The number of aryl methyl sites for hydroxylation is 1. The molecule has 4 heteroatoms. The van der Waals surface area contributed by atoms with Crippen LogP contribution < -0.4 is 0 Å². The highest BCUT2D eigenvalue weighted by Crippen LogP contribution is 2.16. The number of hydroxylamine groups is 1. The summed E-state index contributed by atoms with van der Waals surface area (Å²) in [5.74, 6) is 0. The fraction of sp³-hybridized carbons (Fsp3) is 0.455. The lowest BCUT2D eigenvalue weighted by Gasteiger charge is -2.36. The predicted octanol–water partition coefficient (Wildman–Crippen LogP) is 3.59. The molecule has 4 nitrogen and oxygen atoms in total. The summed E-state index contributed by atoms with van der Waals surface area (Å²) in [7, 11) is 0. The van der Waals surface area contributed by atoms with Crippen molar-refractivity contribution in [3.8, 4) is 0 Å².